The Bertz CT molecular complexity index is 738. The van der Waals surface area contributed by atoms with Crippen molar-refractivity contribution in [1.29, 1.82) is 0 Å². The maximum atomic E-state index is 11.8. The van der Waals surface area contributed by atoms with E-state index in [9.17, 15) is 4.79 Å². The number of halogens is 1. The summed E-state index contributed by atoms with van der Waals surface area (Å²) in [5.41, 5.74) is 0.930. The zero-order valence-electron chi connectivity index (χ0n) is 10.4. The van der Waals surface area contributed by atoms with Gasteiger partial charge in [0.15, 0.2) is 5.13 Å². The number of carbonyl (C=O) groups excluding carboxylic acids is 1. The van der Waals surface area contributed by atoms with Gasteiger partial charge in [0, 0.05) is 23.4 Å². The van der Waals surface area contributed by atoms with E-state index in [4.69, 9.17) is 11.6 Å². The molecule has 3 aromatic rings. The summed E-state index contributed by atoms with van der Waals surface area (Å²) in [6.45, 7) is 0.501. The third kappa shape index (κ3) is 2.66. The topological polar surface area (TPSA) is 59.8 Å². The Hall–Kier alpha value is -1.92. The fraction of sp³-hybridized carbons (Fsp3) is 0.154. The first-order valence-corrected chi connectivity index (χ1v) is 7.29. The predicted octanol–water partition coefficient (Wildman–Crippen LogP) is 3.18. The number of anilines is 1. The third-order valence-electron chi connectivity index (χ3n) is 2.86. The van der Waals surface area contributed by atoms with E-state index in [2.05, 4.69) is 15.4 Å². The monoisotopic (exact) mass is 306 g/mol. The summed E-state index contributed by atoms with van der Waals surface area (Å²) in [7, 11) is 0. The number of aromatic nitrogens is 3. The Morgan fingerprint density at radius 1 is 1.45 bits per heavy atom. The number of hydrogen-bond donors (Lipinski definition) is 1. The molecule has 0 saturated carbocycles. The van der Waals surface area contributed by atoms with E-state index in [0.717, 1.165) is 10.9 Å². The summed E-state index contributed by atoms with van der Waals surface area (Å²) < 4.78 is 1.78. The van der Waals surface area contributed by atoms with Gasteiger partial charge in [-0.1, -0.05) is 17.7 Å². The molecule has 20 heavy (non-hydrogen) atoms. The molecule has 102 valence electrons. The minimum atomic E-state index is -0.0781. The standard InChI is InChI=1S/C13H11ClN4OS/c14-10-2-1-3-11-9(10)8-16-18(11)6-4-12(19)17-13-15-5-7-20-13/h1-3,5,7-8H,4,6H2,(H,15,17,19). The quantitative estimate of drug-likeness (QED) is 0.805. The van der Waals surface area contributed by atoms with Crippen molar-refractivity contribution in [3.8, 4) is 0 Å². The van der Waals surface area contributed by atoms with E-state index in [0.29, 0.717) is 23.1 Å². The van der Waals surface area contributed by atoms with Crippen LogP contribution in [0.4, 0.5) is 5.13 Å². The van der Waals surface area contributed by atoms with Gasteiger partial charge in [-0.25, -0.2) is 4.98 Å². The minimum absolute atomic E-state index is 0.0781. The summed E-state index contributed by atoms with van der Waals surface area (Å²) in [6.07, 6.45) is 3.71. The Morgan fingerprint density at radius 3 is 3.15 bits per heavy atom. The minimum Gasteiger partial charge on any atom is -0.302 e. The summed E-state index contributed by atoms with van der Waals surface area (Å²) in [4.78, 5) is 15.8. The van der Waals surface area contributed by atoms with Crippen molar-refractivity contribution >= 4 is 44.9 Å². The van der Waals surface area contributed by atoms with Gasteiger partial charge in [0.2, 0.25) is 5.91 Å². The second-order valence-electron chi connectivity index (χ2n) is 4.18. The van der Waals surface area contributed by atoms with Crippen LogP contribution >= 0.6 is 22.9 Å². The van der Waals surface area contributed by atoms with Crippen molar-refractivity contribution in [2.24, 2.45) is 0 Å². The van der Waals surface area contributed by atoms with Gasteiger partial charge < -0.3 is 5.32 Å². The van der Waals surface area contributed by atoms with E-state index < -0.39 is 0 Å². The lowest BCUT2D eigenvalue weighted by Gasteiger charge is -2.04. The molecule has 0 atom stereocenters. The van der Waals surface area contributed by atoms with Crippen LogP contribution in [0.25, 0.3) is 10.9 Å². The predicted molar refractivity (Wildman–Crippen MR) is 80.1 cm³/mol. The van der Waals surface area contributed by atoms with Crippen LogP contribution < -0.4 is 5.32 Å². The largest absolute Gasteiger partial charge is 0.302 e. The molecule has 1 aromatic carbocycles. The molecular weight excluding hydrogens is 296 g/mol. The summed E-state index contributed by atoms with van der Waals surface area (Å²) >= 11 is 7.48. The number of hydrogen-bond acceptors (Lipinski definition) is 4. The second kappa shape index (κ2) is 5.60. The Morgan fingerprint density at radius 2 is 2.35 bits per heavy atom. The van der Waals surface area contributed by atoms with Gasteiger partial charge in [0.05, 0.1) is 23.3 Å². The smallest absolute Gasteiger partial charge is 0.228 e. The molecule has 0 bridgehead atoms. The van der Waals surface area contributed by atoms with Crippen molar-refractivity contribution in [2.45, 2.75) is 13.0 Å². The summed E-state index contributed by atoms with van der Waals surface area (Å²) in [5.74, 6) is -0.0781. The Balaban J connectivity index is 1.68. The van der Waals surface area contributed by atoms with E-state index >= 15 is 0 Å². The van der Waals surface area contributed by atoms with E-state index in [1.54, 1.807) is 17.1 Å². The fourth-order valence-electron chi connectivity index (χ4n) is 1.92. The van der Waals surface area contributed by atoms with Crippen molar-refractivity contribution < 1.29 is 4.79 Å². The number of carbonyl (C=O) groups is 1. The van der Waals surface area contributed by atoms with Crippen LogP contribution in [0.1, 0.15) is 6.42 Å². The van der Waals surface area contributed by atoms with Gasteiger partial charge in [-0.05, 0) is 12.1 Å². The first-order chi connectivity index (χ1) is 9.74. The number of benzene rings is 1. The molecule has 7 heteroatoms. The average Bonchev–Trinajstić information content (AvgIpc) is 3.06. The molecule has 2 aromatic heterocycles. The molecule has 2 heterocycles. The zero-order chi connectivity index (χ0) is 13.9. The zero-order valence-corrected chi connectivity index (χ0v) is 12.0. The van der Waals surface area contributed by atoms with Crippen molar-refractivity contribution in [3.05, 3.63) is 41.0 Å². The first-order valence-electron chi connectivity index (χ1n) is 6.03. The lowest BCUT2D eigenvalue weighted by molar-refractivity contribution is -0.116. The van der Waals surface area contributed by atoms with Crippen molar-refractivity contribution in [2.75, 3.05) is 5.32 Å². The van der Waals surface area contributed by atoms with Crippen LogP contribution in [0.3, 0.4) is 0 Å². The van der Waals surface area contributed by atoms with Gasteiger partial charge >= 0.3 is 0 Å². The number of thiazole rings is 1. The Labute approximate surface area is 124 Å². The van der Waals surface area contributed by atoms with Crippen LogP contribution in [-0.4, -0.2) is 20.7 Å². The molecule has 1 amide bonds. The van der Waals surface area contributed by atoms with Crippen LogP contribution in [0, 0.1) is 0 Å². The highest BCUT2D eigenvalue weighted by atomic mass is 35.5. The van der Waals surface area contributed by atoms with Gasteiger partial charge in [0.1, 0.15) is 0 Å². The second-order valence-corrected chi connectivity index (χ2v) is 5.48. The molecule has 0 fully saturated rings. The number of fused-ring (bicyclic) bond motifs is 1. The maximum absolute atomic E-state index is 11.8. The fourth-order valence-corrected chi connectivity index (χ4v) is 2.68. The lowest BCUT2D eigenvalue weighted by atomic mass is 10.2. The van der Waals surface area contributed by atoms with Crippen molar-refractivity contribution in [3.63, 3.8) is 0 Å². The molecule has 0 aliphatic heterocycles. The molecule has 0 aliphatic carbocycles. The molecule has 0 saturated heterocycles. The molecule has 3 rings (SSSR count). The number of aryl methyl sites for hydroxylation is 1. The Kier molecular flexibility index (Phi) is 3.66. The van der Waals surface area contributed by atoms with Gasteiger partial charge in [0.25, 0.3) is 0 Å². The van der Waals surface area contributed by atoms with Gasteiger partial charge in [-0.15, -0.1) is 11.3 Å². The molecule has 0 spiro atoms. The highest BCUT2D eigenvalue weighted by Crippen LogP contribution is 2.22. The summed E-state index contributed by atoms with van der Waals surface area (Å²) in [6, 6.07) is 5.64. The molecule has 1 N–H and O–H groups in total. The molecule has 0 unspecified atom stereocenters. The number of nitrogens with zero attached hydrogens (tertiary/aromatic N) is 3. The van der Waals surface area contributed by atoms with Crippen LogP contribution in [-0.2, 0) is 11.3 Å². The lowest BCUT2D eigenvalue weighted by Crippen LogP contribution is -2.14. The number of amides is 1. The SMILES string of the molecule is O=C(CCn1ncc2c(Cl)cccc21)Nc1nccs1. The number of nitrogens with one attached hydrogen (secondary N) is 1. The van der Waals surface area contributed by atoms with Gasteiger partial charge in [-0.2, -0.15) is 5.10 Å². The normalized spacial score (nSPS) is 10.8. The molecule has 5 nitrogen and oxygen atoms in total. The highest BCUT2D eigenvalue weighted by Gasteiger charge is 2.08. The van der Waals surface area contributed by atoms with E-state index in [-0.39, 0.29) is 5.91 Å². The third-order valence-corrected chi connectivity index (χ3v) is 3.88. The molecular formula is C13H11ClN4OS. The average molecular weight is 307 g/mol. The van der Waals surface area contributed by atoms with Crippen molar-refractivity contribution in [1.82, 2.24) is 14.8 Å². The van der Waals surface area contributed by atoms with Crippen LogP contribution in [0.15, 0.2) is 36.0 Å². The summed E-state index contributed by atoms with van der Waals surface area (Å²) in [5, 5.41) is 11.0. The first kappa shape index (κ1) is 13.1. The van der Waals surface area contributed by atoms with E-state index in [1.165, 1.54) is 11.3 Å². The van der Waals surface area contributed by atoms with Crippen LogP contribution in [0.5, 0.6) is 0 Å². The number of rotatable bonds is 4. The maximum Gasteiger partial charge on any atom is 0.228 e. The van der Waals surface area contributed by atoms with E-state index in [1.807, 2.05) is 23.6 Å². The van der Waals surface area contributed by atoms with Crippen LogP contribution in [0.2, 0.25) is 5.02 Å². The van der Waals surface area contributed by atoms with Gasteiger partial charge in [-0.3, -0.25) is 9.48 Å². The molecule has 0 aliphatic rings. The highest BCUT2D eigenvalue weighted by molar-refractivity contribution is 7.13. The molecule has 0 radical (unpaired) electrons.